The number of aromatic carboxylic acids is 1. The number of carbonyl (C=O) groups is 1. The van der Waals surface area contributed by atoms with Gasteiger partial charge in [-0.15, -0.1) is 0 Å². The number of rotatable bonds is 4. The van der Waals surface area contributed by atoms with Crippen molar-refractivity contribution in [1.82, 2.24) is 4.98 Å². The molecule has 1 aromatic heterocycles. The van der Waals surface area contributed by atoms with Crippen LogP contribution in [0.5, 0.6) is 0 Å². The fraction of sp³-hybridized carbons (Fsp3) is 0.250. The van der Waals surface area contributed by atoms with Crippen molar-refractivity contribution in [2.75, 3.05) is 23.3 Å². The largest absolute Gasteiger partial charge is 0.477 e. The van der Waals surface area contributed by atoms with Gasteiger partial charge in [-0.2, -0.15) is 0 Å². The number of anilines is 2. The van der Waals surface area contributed by atoms with E-state index in [1.807, 2.05) is 0 Å². The maximum atomic E-state index is 13.8. The monoisotopic (exact) mass is 319 g/mol. The van der Waals surface area contributed by atoms with Crippen LogP contribution in [0.2, 0.25) is 0 Å². The van der Waals surface area contributed by atoms with Gasteiger partial charge >= 0.3 is 5.97 Å². The Morgan fingerprint density at radius 2 is 1.91 bits per heavy atom. The molecule has 5 nitrogen and oxygen atoms in total. The van der Waals surface area contributed by atoms with E-state index >= 15 is 0 Å². The molecular weight excluding hydrogens is 304 g/mol. The Labute approximate surface area is 131 Å². The molecule has 0 spiro atoms. The lowest BCUT2D eigenvalue weighted by Gasteiger charge is -2.20. The van der Waals surface area contributed by atoms with Crippen LogP contribution < -0.4 is 10.2 Å². The number of halogens is 2. The SMILES string of the molecule is O=C(O)c1cccc(NC2CCN(c3c(F)cccc3F)C2)n1. The smallest absolute Gasteiger partial charge is 0.354 e. The van der Waals surface area contributed by atoms with E-state index in [0.29, 0.717) is 25.3 Å². The van der Waals surface area contributed by atoms with Crippen molar-refractivity contribution in [2.45, 2.75) is 12.5 Å². The van der Waals surface area contributed by atoms with Crippen LogP contribution in [0.25, 0.3) is 0 Å². The number of aromatic nitrogens is 1. The van der Waals surface area contributed by atoms with Gasteiger partial charge in [0.1, 0.15) is 23.1 Å². The average Bonchev–Trinajstić information content (AvgIpc) is 2.95. The summed E-state index contributed by atoms with van der Waals surface area (Å²) in [5.41, 5.74) is -0.0750. The first-order chi connectivity index (χ1) is 11.0. The van der Waals surface area contributed by atoms with Gasteiger partial charge in [0.15, 0.2) is 5.69 Å². The van der Waals surface area contributed by atoms with Gasteiger partial charge in [0, 0.05) is 19.1 Å². The highest BCUT2D eigenvalue weighted by Crippen LogP contribution is 2.27. The molecule has 1 unspecified atom stereocenters. The third-order valence-corrected chi connectivity index (χ3v) is 3.76. The van der Waals surface area contributed by atoms with Gasteiger partial charge in [0.25, 0.3) is 0 Å². The third kappa shape index (κ3) is 3.23. The first kappa shape index (κ1) is 15.2. The van der Waals surface area contributed by atoms with Crippen LogP contribution in [0.3, 0.4) is 0 Å². The van der Waals surface area contributed by atoms with Gasteiger partial charge < -0.3 is 15.3 Å². The number of para-hydroxylation sites is 1. The molecule has 0 aliphatic carbocycles. The Bertz CT molecular complexity index is 719. The standard InChI is InChI=1S/C16H15F2N3O2/c17-11-3-1-4-12(18)15(11)21-8-7-10(9-21)19-14-6-2-5-13(20-14)16(22)23/h1-6,10H,7-9H2,(H,19,20)(H,22,23). The minimum atomic E-state index is -1.10. The second kappa shape index (κ2) is 6.20. The van der Waals surface area contributed by atoms with E-state index in [1.165, 1.54) is 24.3 Å². The summed E-state index contributed by atoms with van der Waals surface area (Å²) >= 11 is 0. The molecule has 3 rings (SSSR count). The zero-order valence-corrected chi connectivity index (χ0v) is 12.2. The van der Waals surface area contributed by atoms with Crippen molar-refractivity contribution < 1.29 is 18.7 Å². The minimum Gasteiger partial charge on any atom is -0.477 e. The Morgan fingerprint density at radius 3 is 2.61 bits per heavy atom. The molecule has 0 bridgehead atoms. The topological polar surface area (TPSA) is 65.5 Å². The summed E-state index contributed by atoms with van der Waals surface area (Å²) in [6, 6.07) is 8.41. The predicted octanol–water partition coefficient (Wildman–Crippen LogP) is 2.75. The van der Waals surface area contributed by atoms with Crippen LogP contribution in [0, 0.1) is 11.6 Å². The van der Waals surface area contributed by atoms with Crippen LogP contribution in [0.4, 0.5) is 20.3 Å². The van der Waals surface area contributed by atoms with Gasteiger partial charge in [-0.1, -0.05) is 12.1 Å². The number of nitrogens with zero attached hydrogens (tertiary/aromatic N) is 2. The fourth-order valence-corrected chi connectivity index (χ4v) is 2.72. The molecule has 2 N–H and O–H groups in total. The molecule has 120 valence electrons. The summed E-state index contributed by atoms with van der Waals surface area (Å²) in [7, 11) is 0. The number of carboxylic acids is 1. The molecular formula is C16H15F2N3O2. The molecule has 1 fully saturated rings. The van der Waals surface area contributed by atoms with Gasteiger partial charge in [-0.05, 0) is 30.7 Å². The lowest BCUT2D eigenvalue weighted by Crippen LogP contribution is -2.27. The molecule has 2 heterocycles. The van der Waals surface area contributed by atoms with Crippen LogP contribution in [0.1, 0.15) is 16.9 Å². The van der Waals surface area contributed by atoms with Crippen LogP contribution in [-0.4, -0.2) is 35.2 Å². The van der Waals surface area contributed by atoms with E-state index in [-0.39, 0.29) is 17.4 Å². The van der Waals surface area contributed by atoms with E-state index in [4.69, 9.17) is 5.11 Å². The summed E-state index contributed by atoms with van der Waals surface area (Å²) in [6.45, 7) is 0.922. The van der Waals surface area contributed by atoms with E-state index in [1.54, 1.807) is 17.0 Å². The molecule has 1 aliphatic rings. The predicted molar refractivity (Wildman–Crippen MR) is 81.8 cm³/mol. The molecule has 1 aromatic carbocycles. The first-order valence-electron chi connectivity index (χ1n) is 7.20. The normalized spacial score (nSPS) is 17.3. The first-order valence-corrected chi connectivity index (χ1v) is 7.20. The van der Waals surface area contributed by atoms with Gasteiger partial charge in [0.05, 0.1) is 0 Å². The van der Waals surface area contributed by atoms with Crippen molar-refractivity contribution in [2.24, 2.45) is 0 Å². The zero-order chi connectivity index (χ0) is 16.4. The highest BCUT2D eigenvalue weighted by molar-refractivity contribution is 5.85. The van der Waals surface area contributed by atoms with Crippen molar-refractivity contribution in [1.29, 1.82) is 0 Å². The summed E-state index contributed by atoms with van der Waals surface area (Å²) < 4.78 is 27.6. The molecule has 0 saturated carbocycles. The number of hydrogen-bond donors (Lipinski definition) is 2. The lowest BCUT2D eigenvalue weighted by molar-refractivity contribution is 0.0690. The number of hydrogen-bond acceptors (Lipinski definition) is 4. The number of carboxylic acid groups (broad SMARTS) is 1. The molecule has 0 amide bonds. The van der Waals surface area contributed by atoms with Gasteiger partial charge in [-0.3, -0.25) is 0 Å². The van der Waals surface area contributed by atoms with Crippen LogP contribution in [-0.2, 0) is 0 Å². The number of benzene rings is 1. The molecule has 0 radical (unpaired) electrons. The van der Waals surface area contributed by atoms with E-state index in [2.05, 4.69) is 10.3 Å². The Balaban J connectivity index is 1.71. The molecule has 23 heavy (non-hydrogen) atoms. The molecule has 1 atom stereocenters. The number of pyridine rings is 1. The van der Waals surface area contributed by atoms with Crippen LogP contribution >= 0.6 is 0 Å². The highest BCUT2D eigenvalue weighted by Gasteiger charge is 2.26. The van der Waals surface area contributed by atoms with Gasteiger partial charge in [-0.25, -0.2) is 18.6 Å². The maximum Gasteiger partial charge on any atom is 0.354 e. The van der Waals surface area contributed by atoms with Gasteiger partial charge in [0.2, 0.25) is 0 Å². The fourth-order valence-electron chi connectivity index (χ4n) is 2.72. The van der Waals surface area contributed by atoms with E-state index in [0.717, 1.165) is 0 Å². The van der Waals surface area contributed by atoms with E-state index in [9.17, 15) is 13.6 Å². The Hall–Kier alpha value is -2.70. The maximum absolute atomic E-state index is 13.8. The Kier molecular flexibility index (Phi) is 4.10. The second-order valence-electron chi connectivity index (χ2n) is 5.36. The summed E-state index contributed by atoms with van der Waals surface area (Å²) in [5, 5.41) is 12.1. The Morgan fingerprint density at radius 1 is 1.22 bits per heavy atom. The number of nitrogens with one attached hydrogen (secondary N) is 1. The van der Waals surface area contributed by atoms with Crippen molar-refractivity contribution in [3.05, 3.63) is 53.7 Å². The lowest BCUT2D eigenvalue weighted by atomic mass is 10.2. The summed E-state index contributed by atoms with van der Waals surface area (Å²) in [6.07, 6.45) is 0.673. The third-order valence-electron chi connectivity index (χ3n) is 3.76. The minimum absolute atomic E-state index is 0.0240. The molecule has 1 saturated heterocycles. The molecule has 1 aliphatic heterocycles. The quantitative estimate of drug-likeness (QED) is 0.907. The van der Waals surface area contributed by atoms with Crippen molar-refractivity contribution in [3.8, 4) is 0 Å². The van der Waals surface area contributed by atoms with Crippen molar-refractivity contribution >= 4 is 17.5 Å². The van der Waals surface area contributed by atoms with Crippen LogP contribution in [0.15, 0.2) is 36.4 Å². The van der Waals surface area contributed by atoms with Crippen molar-refractivity contribution in [3.63, 3.8) is 0 Å². The summed E-state index contributed by atoms with van der Waals surface area (Å²) in [5.74, 6) is -1.84. The van der Waals surface area contributed by atoms with E-state index < -0.39 is 17.6 Å². The highest BCUT2D eigenvalue weighted by atomic mass is 19.1. The molecule has 7 heteroatoms. The average molecular weight is 319 g/mol. The molecule has 2 aromatic rings. The second-order valence-corrected chi connectivity index (χ2v) is 5.36. The summed E-state index contributed by atoms with van der Waals surface area (Å²) in [4.78, 5) is 16.6. The zero-order valence-electron chi connectivity index (χ0n) is 12.2.